The van der Waals surface area contributed by atoms with Gasteiger partial charge in [-0.05, 0) is 50.9 Å². The lowest BCUT2D eigenvalue weighted by atomic mass is 9.98. The van der Waals surface area contributed by atoms with Crippen molar-refractivity contribution in [1.82, 2.24) is 20.4 Å². The van der Waals surface area contributed by atoms with E-state index in [1.54, 1.807) is 0 Å². The molecule has 0 unspecified atom stereocenters. The van der Waals surface area contributed by atoms with Gasteiger partial charge in [-0.15, -0.1) is 13.2 Å². The van der Waals surface area contributed by atoms with Gasteiger partial charge in [0.25, 0.3) is 5.91 Å². The van der Waals surface area contributed by atoms with Crippen LogP contribution in [0.5, 0.6) is 5.75 Å². The molecule has 3 atom stereocenters. The largest absolute Gasteiger partial charge is 0.573 e. The number of nitrogens with one attached hydrogen (secondary N) is 2. The molecule has 4 rings (SSSR count). The number of aromatic nitrogens is 2. The molecule has 26 heavy (non-hydrogen) atoms. The molecule has 3 heterocycles. The van der Waals surface area contributed by atoms with Gasteiger partial charge in [0.1, 0.15) is 5.75 Å². The zero-order valence-corrected chi connectivity index (χ0v) is 14.1. The van der Waals surface area contributed by atoms with Gasteiger partial charge in [-0.25, -0.2) is 0 Å². The highest BCUT2D eigenvalue weighted by atomic mass is 19.4. The number of ether oxygens (including phenoxy) is 1. The molecular formula is C17H19F3N4O2. The second kappa shape index (κ2) is 6.15. The minimum absolute atomic E-state index is 0.0533. The summed E-state index contributed by atoms with van der Waals surface area (Å²) in [6.07, 6.45) is -0.756. The molecule has 2 N–H and O–H groups in total. The van der Waals surface area contributed by atoms with Crippen molar-refractivity contribution < 1.29 is 22.7 Å². The summed E-state index contributed by atoms with van der Waals surface area (Å²) < 4.78 is 41.2. The van der Waals surface area contributed by atoms with E-state index in [9.17, 15) is 18.0 Å². The molecule has 2 aromatic rings. The van der Waals surface area contributed by atoms with Crippen LogP contribution in [0, 0.1) is 0 Å². The minimum Gasteiger partial charge on any atom is -0.406 e. The van der Waals surface area contributed by atoms with Crippen LogP contribution in [0.25, 0.3) is 10.9 Å². The highest BCUT2D eigenvalue weighted by molar-refractivity contribution is 6.05. The normalized spacial score (nSPS) is 26.2. The van der Waals surface area contributed by atoms with Crippen molar-refractivity contribution in [3.05, 3.63) is 23.9 Å². The van der Waals surface area contributed by atoms with Gasteiger partial charge >= 0.3 is 6.36 Å². The maximum atomic E-state index is 12.6. The maximum absolute atomic E-state index is 12.6. The predicted molar refractivity (Wildman–Crippen MR) is 87.8 cm³/mol. The van der Waals surface area contributed by atoms with Crippen molar-refractivity contribution in [2.45, 2.75) is 50.2 Å². The fraction of sp³-hybridized carbons (Fsp3) is 0.529. The van der Waals surface area contributed by atoms with Crippen LogP contribution in [0.1, 0.15) is 36.2 Å². The van der Waals surface area contributed by atoms with Crippen LogP contribution in [-0.4, -0.2) is 52.5 Å². The van der Waals surface area contributed by atoms with E-state index in [-0.39, 0.29) is 23.4 Å². The Balaban J connectivity index is 1.52. The van der Waals surface area contributed by atoms with Crippen molar-refractivity contribution in [3.8, 4) is 5.75 Å². The van der Waals surface area contributed by atoms with Crippen LogP contribution in [0.2, 0.25) is 0 Å². The van der Waals surface area contributed by atoms with E-state index >= 15 is 0 Å². The van der Waals surface area contributed by atoms with Crippen molar-refractivity contribution in [3.63, 3.8) is 0 Å². The van der Waals surface area contributed by atoms with Crippen molar-refractivity contribution in [2.75, 3.05) is 7.05 Å². The summed E-state index contributed by atoms with van der Waals surface area (Å²) in [5.74, 6) is -0.757. The van der Waals surface area contributed by atoms with Crippen molar-refractivity contribution in [1.29, 1.82) is 0 Å². The smallest absolute Gasteiger partial charge is 0.406 e. The lowest BCUT2D eigenvalue weighted by Crippen LogP contribution is -2.48. The van der Waals surface area contributed by atoms with Gasteiger partial charge in [0.2, 0.25) is 0 Å². The monoisotopic (exact) mass is 368 g/mol. The van der Waals surface area contributed by atoms with Crippen LogP contribution in [0.15, 0.2) is 18.2 Å². The van der Waals surface area contributed by atoms with E-state index in [4.69, 9.17) is 0 Å². The third-order valence-corrected chi connectivity index (χ3v) is 5.42. The number of fused-ring (bicyclic) bond motifs is 3. The third-order valence-electron chi connectivity index (χ3n) is 5.42. The van der Waals surface area contributed by atoms with E-state index in [1.165, 1.54) is 18.2 Å². The van der Waals surface area contributed by atoms with Crippen LogP contribution in [-0.2, 0) is 0 Å². The highest BCUT2D eigenvalue weighted by Gasteiger charge is 2.39. The van der Waals surface area contributed by atoms with Crippen LogP contribution < -0.4 is 10.1 Å². The summed E-state index contributed by atoms with van der Waals surface area (Å²) in [4.78, 5) is 15.0. The number of amides is 1. The van der Waals surface area contributed by atoms with E-state index in [1.807, 2.05) is 0 Å². The highest BCUT2D eigenvalue weighted by Crippen LogP contribution is 2.34. The molecule has 0 spiro atoms. The van der Waals surface area contributed by atoms with Gasteiger partial charge in [0.05, 0.1) is 5.52 Å². The molecule has 2 aliphatic heterocycles. The Morgan fingerprint density at radius 3 is 2.65 bits per heavy atom. The number of nitrogens with zero attached hydrogens (tertiary/aromatic N) is 2. The van der Waals surface area contributed by atoms with Crippen molar-refractivity contribution >= 4 is 16.8 Å². The SMILES string of the molecule is CN1[C@@H]2CC[C@H]1C[C@@H](NC(=O)c1n[nH]c3ccc(OC(F)(F)F)cc13)C2. The number of aromatic amines is 1. The molecule has 1 aromatic heterocycles. The molecule has 0 aliphatic carbocycles. The molecule has 2 saturated heterocycles. The first-order valence-electron chi connectivity index (χ1n) is 8.57. The predicted octanol–water partition coefficient (Wildman–Crippen LogP) is 2.82. The number of H-pyrrole nitrogens is 1. The summed E-state index contributed by atoms with van der Waals surface area (Å²) >= 11 is 0. The fourth-order valence-electron chi connectivity index (χ4n) is 4.15. The molecule has 1 amide bonds. The molecule has 140 valence electrons. The standard InChI is InChI=1S/C17H19F3N4O2/c1-24-10-2-3-11(24)7-9(6-10)21-16(25)15-13-8-12(26-17(18,19)20)4-5-14(13)22-23-15/h4-5,8-11H,2-3,6-7H2,1H3,(H,21,25)(H,22,23)/t9-,10+,11-. The molecule has 1 aromatic carbocycles. The second-order valence-electron chi connectivity index (χ2n) is 7.02. The van der Waals surface area contributed by atoms with E-state index in [0.29, 0.717) is 23.0 Å². The molecule has 2 bridgehead atoms. The van der Waals surface area contributed by atoms with E-state index < -0.39 is 6.36 Å². The van der Waals surface area contributed by atoms with Gasteiger partial charge in [-0.3, -0.25) is 9.89 Å². The first-order valence-corrected chi connectivity index (χ1v) is 8.57. The zero-order valence-electron chi connectivity index (χ0n) is 14.1. The molecule has 6 nitrogen and oxygen atoms in total. The first kappa shape index (κ1) is 17.1. The van der Waals surface area contributed by atoms with E-state index in [2.05, 4.69) is 32.2 Å². The Labute approximate surface area is 147 Å². The quantitative estimate of drug-likeness (QED) is 0.874. The van der Waals surface area contributed by atoms with Crippen molar-refractivity contribution in [2.24, 2.45) is 0 Å². The Morgan fingerprint density at radius 2 is 2.00 bits per heavy atom. The number of alkyl halides is 3. The summed E-state index contributed by atoms with van der Waals surface area (Å²) in [7, 11) is 2.11. The lowest BCUT2D eigenvalue weighted by Gasteiger charge is -2.36. The number of hydrogen-bond donors (Lipinski definition) is 2. The second-order valence-corrected chi connectivity index (χ2v) is 7.02. The van der Waals surface area contributed by atoms with Crippen LogP contribution in [0.4, 0.5) is 13.2 Å². The van der Waals surface area contributed by atoms with Crippen LogP contribution in [0.3, 0.4) is 0 Å². The number of rotatable bonds is 3. The van der Waals surface area contributed by atoms with Gasteiger partial charge in [-0.1, -0.05) is 0 Å². The number of hydrogen-bond acceptors (Lipinski definition) is 4. The summed E-state index contributed by atoms with van der Waals surface area (Å²) in [5.41, 5.74) is 0.562. The van der Waals surface area contributed by atoms with Gasteiger partial charge in [0, 0.05) is 23.5 Å². The summed E-state index contributed by atoms with van der Waals surface area (Å²) in [6.45, 7) is 0. The van der Waals surface area contributed by atoms with E-state index in [0.717, 1.165) is 25.7 Å². The van der Waals surface area contributed by atoms with Gasteiger partial charge in [0.15, 0.2) is 5.69 Å². The topological polar surface area (TPSA) is 70.2 Å². The molecule has 2 aliphatic rings. The number of halogens is 3. The number of carbonyl (C=O) groups excluding carboxylic acids is 1. The molecule has 0 radical (unpaired) electrons. The average molecular weight is 368 g/mol. The maximum Gasteiger partial charge on any atom is 0.573 e. The number of piperidine rings is 1. The molecule has 0 saturated carbocycles. The summed E-state index contributed by atoms with van der Waals surface area (Å²) in [5, 5.41) is 9.96. The summed E-state index contributed by atoms with van der Waals surface area (Å²) in [6, 6.07) is 4.78. The average Bonchev–Trinajstić information content (AvgIpc) is 3.03. The third kappa shape index (κ3) is 3.23. The molecule has 2 fully saturated rings. The number of benzene rings is 1. The molecular weight excluding hydrogens is 349 g/mol. The van der Waals surface area contributed by atoms with Gasteiger partial charge in [-0.2, -0.15) is 5.10 Å². The Bertz CT molecular complexity index is 821. The zero-order chi connectivity index (χ0) is 18.5. The minimum atomic E-state index is -4.78. The number of carbonyl (C=O) groups is 1. The Hall–Kier alpha value is -2.29. The first-order chi connectivity index (χ1) is 12.3. The molecule has 9 heteroatoms. The van der Waals surface area contributed by atoms with Crippen LogP contribution >= 0.6 is 0 Å². The Kier molecular flexibility index (Phi) is 4.06. The Morgan fingerprint density at radius 1 is 1.31 bits per heavy atom. The fourth-order valence-corrected chi connectivity index (χ4v) is 4.15. The van der Waals surface area contributed by atoms with Gasteiger partial charge < -0.3 is 15.0 Å². The lowest BCUT2D eigenvalue weighted by molar-refractivity contribution is -0.274.